The molecule has 0 radical (unpaired) electrons. The van der Waals surface area contributed by atoms with Crippen LogP contribution in [0.5, 0.6) is 0 Å². The molecule has 2 rings (SSSR count). The number of nitrogens with one attached hydrogen (secondary N) is 1. The van der Waals surface area contributed by atoms with Crippen molar-refractivity contribution < 1.29 is 4.21 Å². The highest BCUT2D eigenvalue weighted by atomic mass is 32.2. The van der Waals surface area contributed by atoms with Crippen molar-refractivity contribution in [3.8, 4) is 0 Å². The lowest BCUT2D eigenvalue weighted by Gasteiger charge is -2.37. The average molecular weight is 293 g/mol. The first-order valence-corrected chi connectivity index (χ1v) is 9.26. The molecule has 0 amide bonds. The molecule has 0 aromatic heterocycles. The zero-order chi connectivity index (χ0) is 14.5. The molecule has 20 heavy (non-hydrogen) atoms. The van der Waals surface area contributed by atoms with E-state index in [0.29, 0.717) is 5.92 Å². The van der Waals surface area contributed by atoms with E-state index in [2.05, 4.69) is 50.4 Å². The molecule has 1 aromatic carbocycles. The zero-order valence-corrected chi connectivity index (χ0v) is 13.7. The van der Waals surface area contributed by atoms with Crippen molar-refractivity contribution in [2.24, 2.45) is 0 Å². The van der Waals surface area contributed by atoms with Gasteiger partial charge >= 0.3 is 0 Å². The Morgan fingerprint density at radius 2 is 1.95 bits per heavy atom. The van der Waals surface area contributed by atoms with E-state index in [0.717, 1.165) is 31.6 Å². The highest BCUT2D eigenvalue weighted by molar-refractivity contribution is 7.85. The van der Waals surface area contributed by atoms with Crippen molar-refractivity contribution in [1.29, 1.82) is 0 Å². The Balaban J connectivity index is 2.27. The van der Waals surface area contributed by atoms with Crippen LogP contribution in [0, 0.1) is 0 Å². The first-order valence-electron chi connectivity index (χ1n) is 7.88. The van der Waals surface area contributed by atoms with Crippen LogP contribution in [-0.2, 0) is 10.8 Å². The molecule has 4 unspecified atom stereocenters. The first kappa shape index (κ1) is 15.7. The molecule has 0 saturated heterocycles. The zero-order valence-electron chi connectivity index (χ0n) is 12.9. The number of benzene rings is 1. The van der Waals surface area contributed by atoms with Crippen molar-refractivity contribution in [2.45, 2.75) is 57.2 Å². The molecule has 0 fully saturated rings. The molecule has 1 aliphatic rings. The van der Waals surface area contributed by atoms with Crippen LogP contribution in [0.15, 0.2) is 24.3 Å². The van der Waals surface area contributed by atoms with Crippen molar-refractivity contribution >= 4 is 10.8 Å². The minimum absolute atomic E-state index is 0.255. The van der Waals surface area contributed by atoms with Gasteiger partial charge in [-0.2, -0.15) is 0 Å². The average Bonchev–Trinajstić information content (AvgIpc) is 2.47. The van der Waals surface area contributed by atoms with E-state index in [9.17, 15) is 4.21 Å². The van der Waals surface area contributed by atoms with E-state index in [1.54, 1.807) is 0 Å². The van der Waals surface area contributed by atoms with Crippen LogP contribution >= 0.6 is 0 Å². The summed E-state index contributed by atoms with van der Waals surface area (Å²) >= 11 is 0. The third-order valence-electron chi connectivity index (χ3n) is 4.28. The summed E-state index contributed by atoms with van der Waals surface area (Å²) in [5.41, 5.74) is 2.80. The van der Waals surface area contributed by atoms with Gasteiger partial charge in [-0.15, -0.1) is 0 Å². The molecule has 0 bridgehead atoms. The largest absolute Gasteiger partial charge is 0.309 e. The topological polar surface area (TPSA) is 29.1 Å². The summed E-state index contributed by atoms with van der Waals surface area (Å²) in [5, 5.41) is 3.83. The second-order valence-electron chi connectivity index (χ2n) is 5.78. The summed E-state index contributed by atoms with van der Waals surface area (Å²) in [6, 6.07) is 8.92. The van der Waals surface area contributed by atoms with Crippen LogP contribution < -0.4 is 5.32 Å². The van der Waals surface area contributed by atoms with Crippen LogP contribution in [0.4, 0.5) is 0 Å². The van der Waals surface area contributed by atoms with Crippen molar-refractivity contribution in [3.63, 3.8) is 0 Å². The van der Waals surface area contributed by atoms with Gasteiger partial charge in [-0.1, -0.05) is 51.5 Å². The lowest BCUT2D eigenvalue weighted by Crippen LogP contribution is -2.40. The first-order chi connectivity index (χ1) is 9.69. The van der Waals surface area contributed by atoms with E-state index in [4.69, 9.17) is 0 Å². The Hall–Kier alpha value is -0.670. The number of unbranched alkanes of at least 4 members (excludes halogenated alkanes) is 1. The predicted octanol–water partition coefficient (Wildman–Crippen LogP) is 3.76. The molecular formula is C17H27NOS. The second kappa shape index (κ2) is 7.37. The van der Waals surface area contributed by atoms with Gasteiger partial charge in [0, 0.05) is 22.6 Å². The minimum Gasteiger partial charge on any atom is -0.309 e. The molecule has 112 valence electrons. The number of hydrogen-bond acceptors (Lipinski definition) is 2. The molecule has 1 N–H and O–H groups in total. The molecular weight excluding hydrogens is 266 g/mol. The molecule has 0 spiro atoms. The van der Waals surface area contributed by atoms with Crippen LogP contribution in [0.3, 0.4) is 0 Å². The molecule has 0 saturated carbocycles. The maximum Gasteiger partial charge on any atom is 0.0548 e. The van der Waals surface area contributed by atoms with Gasteiger partial charge in [0.25, 0.3) is 0 Å². The summed E-state index contributed by atoms with van der Waals surface area (Å²) in [7, 11) is -0.728. The van der Waals surface area contributed by atoms with E-state index in [-0.39, 0.29) is 11.3 Å². The Labute approximate surface area is 125 Å². The molecule has 1 aliphatic carbocycles. The van der Waals surface area contributed by atoms with Crippen LogP contribution in [0.25, 0.3) is 0 Å². The molecule has 0 aliphatic heterocycles. The fourth-order valence-corrected chi connectivity index (χ4v) is 5.14. The van der Waals surface area contributed by atoms with Crippen LogP contribution in [-0.4, -0.2) is 21.8 Å². The standard InChI is InChI=1S/C17H27NOS/c1-4-6-11-20(19)16-12-13(3)14-9-7-8-10-15(14)17(16)18-5-2/h7-10,13,16-18H,4-6,11-12H2,1-3H3. The lowest BCUT2D eigenvalue weighted by molar-refractivity contribution is 0.444. The number of fused-ring (bicyclic) bond motifs is 1. The normalized spacial score (nSPS) is 27.1. The van der Waals surface area contributed by atoms with Gasteiger partial charge < -0.3 is 5.32 Å². The van der Waals surface area contributed by atoms with Gasteiger partial charge in [0.15, 0.2) is 0 Å². The van der Waals surface area contributed by atoms with Gasteiger partial charge in [0.05, 0.1) is 5.25 Å². The molecule has 2 nitrogen and oxygen atoms in total. The Morgan fingerprint density at radius 1 is 1.25 bits per heavy atom. The summed E-state index contributed by atoms with van der Waals surface area (Å²) in [6.07, 6.45) is 3.22. The second-order valence-corrected chi connectivity index (χ2v) is 7.55. The van der Waals surface area contributed by atoms with Gasteiger partial charge in [-0.05, 0) is 36.4 Å². The fourth-order valence-electron chi connectivity index (χ4n) is 3.21. The summed E-state index contributed by atoms with van der Waals surface area (Å²) in [4.78, 5) is 0. The summed E-state index contributed by atoms with van der Waals surface area (Å²) in [5.74, 6) is 1.36. The smallest absolute Gasteiger partial charge is 0.0548 e. The summed E-state index contributed by atoms with van der Waals surface area (Å²) in [6.45, 7) is 7.49. The van der Waals surface area contributed by atoms with Gasteiger partial charge in [-0.25, -0.2) is 0 Å². The van der Waals surface area contributed by atoms with E-state index >= 15 is 0 Å². The van der Waals surface area contributed by atoms with E-state index < -0.39 is 10.8 Å². The van der Waals surface area contributed by atoms with Gasteiger partial charge in [-0.3, -0.25) is 4.21 Å². The third kappa shape index (κ3) is 3.32. The molecule has 0 heterocycles. The van der Waals surface area contributed by atoms with Crippen molar-refractivity contribution in [1.82, 2.24) is 5.32 Å². The number of rotatable bonds is 6. The third-order valence-corrected chi connectivity index (χ3v) is 6.11. The van der Waals surface area contributed by atoms with Gasteiger partial charge in [0.1, 0.15) is 0 Å². The predicted molar refractivity (Wildman–Crippen MR) is 87.6 cm³/mol. The maximum absolute atomic E-state index is 12.7. The number of hydrogen-bond donors (Lipinski definition) is 1. The molecule has 1 aromatic rings. The SMILES string of the molecule is CCCCS(=O)C1CC(C)c2ccccc2C1NCC. The van der Waals surface area contributed by atoms with Crippen LogP contribution in [0.1, 0.15) is 63.1 Å². The lowest BCUT2D eigenvalue weighted by atomic mass is 9.80. The van der Waals surface area contributed by atoms with E-state index in [1.807, 2.05) is 0 Å². The highest BCUT2D eigenvalue weighted by Crippen LogP contribution is 2.39. The Kier molecular flexibility index (Phi) is 5.79. The minimum atomic E-state index is -0.728. The fraction of sp³-hybridized carbons (Fsp3) is 0.647. The Morgan fingerprint density at radius 3 is 2.60 bits per heavy atom. The monoisotopic (exact) mass is 293 g/mol. The maximum atomic E-state index is 12.7. The van der Waals surface area contributed by atoms with E-state index in [1.165, 1.54) is 11.1 Å². The molecule has 3 heteroatoms. The highest BCUT2D eigenvalue weighted by Gasteiger charge is 2.35. The molecule has 4 atom stereocenters. The van der Waals surface area contributed by atoms with Gasteiger partial charge in [0.2, 0.25) is 0 Å². The Bertz CT molecular complexity index is 460. The van der Waals surface area contributed by atoms with Crippen LogP contribution in [0.2, 0.25) is 0 Å². The van der Waals surface area contributed by atoms with Crippen molar-refractivity contribution in [3.05, 3.63) is 35.4 Å². The van der Waals surface area contributed by atoms with Crippen molar-refractivity contribution in [2.75, 3.05) is 12.3 Å². The quantitative estimate of drug-likeness (QED) is 0.865. The summed E-state index contributed by atoms with van der Waals surface area (Å²) < 4.78 is 12.7.